The van der Waals surface area contributed by atoms with Crippen LogP contribution in [0.25, 0.3) is 0 Å². The van der Waals surface area contributed by atoms with Crippen molar-refractivity contribution in [2.45, 2.75) is 173 Å². The molecule has 32 heavy (non-hydrogen) atoms. The molecule has 0 aromatic rings. The number of hydrogen-bond acceptors (Lipinski definition) is 0. The Kier molecular flexibility index (Phi) is 20.6. The minimum Gasteiger partial charge on any atom is -0.0683 e. The van der Waals surface area contributed by atoms with Crippen LogP contribution in [-0.2, 0) is 0 Å². The zero-order chi connectivity index (χ0) is 25.2. The molecule has 0 aromatic carbocycles. The van der Waals surface area contributed by atoms with Gasteiger partial charge in [0.25, 0.3) is 0 Å². The van der Waals surface area contributed by atoms with Gasteiger partial charge in [0.05, 0.1) is 0 Å². The van der Waals surface area contributed by atoms with Crippen molar-refractivity contribution in [1.82, 2.24) is 0 Å². The molecule has 0 heteroatoms. The predicted molar refractivity (Wildman–Crippen MR) is 152 cm³/mol. The van der Waals surface area contributed by atoms with E-state index in [0.717, 1.165) is 23.7 Å². The lowest BCUT2D eigenvalue weighted by molar-refractivity contribution is 0.180. The molecule has 2 rings (SSSR count). The third kappa shape index (κ3) is 21.8. The van der Waals surface area contributed by atoms with Crippen molar-refractivity contribution in [2.75, 3.05) is 0 Å². The molecule has 2 aliphatic rings. The summed E-state index contributed by atoms with van der Waals surface area (Å²) in [6.07, 6.45) is 20.5. The summed E-state index contributed by atoms with van der Waals surface area (Å²) in [4.78, 5) is 0. The van der Waals surface area contributed by atoms with Gasteiger partial charge in [-0.3, -0.25) is 0 Å². The Balaban J connectivity index is 0. The van der Waals surface area contributed by atoms with Gasteiger partial charge in [-0.15, -0.1) is 0 Å². The van der Waals surface area contributed by atoms with E-state index in [9.17, 15) is 0 Å². The number of hydrogen-bond donors (Lipinski definition) is 0. The fraction of sp³-hybridized carbons (Fsp3) is 1.00. The molecule has 0 nitrogen and oxygen atoms in total. The maximum absolute atomic E-state index is 2.40. The molecule has 0 aromatic heterocycles. The molecule has 2 fully saturated rings. The summed E-state index contributed by atoms with van der Waals surface area (Å²) < 4.78 is 0. The molecular formula is C32H68. The second kappa shape index (κ2) is 19.3. The zero-order valence-corrected chi connectivity index (χ0v) is 25.2. The summed E-state index contributed by atoms with van der Waals surface area (Å²) >= 11 is 0. The largest absolute Gasteiger partial charge is 0.0683 e. The Labute approximate surface area is 207 Å². The normalized spacial score (nSPS) is 22.0. The van der Waals surface area contributed by atoms with Crippen molar-refractivity contribution < 1.29 is 0 Å². The van der Waals surface area contributed by atoms with Gasteiger partial charge in [-0.1, -0.05) is 154 Å². The predicted octanol–water partition coefficient (Wildman–Crippen LogP) is 12.1. The molecule has 2 aliphatic carbocycles. The lowest BCUT2D eigenvalue weighted by Crippen LogP contribution is -2.22. The fourth-order valence-electron chi connectivity index (χ4n) is 4.80. The van der Waals surface area contributed by atoms with Gasteiger partial charge < -0.3 is 0 Å². The van der Waals surface area contributed by atoms with Gasteiger partial charge in [-0.25, -0.2) is 0 Å². The van der Waals surface area contributed by atoms with Gasteiger partial charge in [0.2, 0.25) is 0 Å². The molecule has 0 unspecified atom stereocenters. The van der Waals surface area contributed by atoms with Gasteiger partial charge in [-0.05, 0) is 53.8 Å². The SMILES string of the molecule is CC.CC(C)(C)C1CCCCC1.CC(C)CCC(C)(C)C.CCCCC1CCC(C)CC1. The van der Waals surface area contributed by atoms with Crippen LogP contribution >= 0.6 is 0 Å². The molecule has 2 saturated carbocycles. The number of rotatable bonds is 5. The maximum atomic E-state index is 2.40. The summed E-state index contributed by atoms with van der Waals surface area (Å²) in [5.74, 6) is 3.98. The topological polar surface area (TPSA) is 0 Å². The molecule has 0 atom stereocenters. The Morgan fingerprint density at radius 1 is 0.750 bits per heavy atom. The van der Waals surface area contributed by atoms with Crippen LogP contribution in [0.2, 0.25) is 0 Å². The third-order valence-electron chi connectivity index (χ3n) is 7.40. The average molecular weight is 453 g/mol. The maximum Gasteiger partial charge on any atom is -0.0354 e. The quantitative estimate of drug-likeness (QED) is 0.389. The summed E-state index contributed by atoms with van der Waals surface area (Å²) in [6, 6.07) is 0. The first-order chi connectivity index (χ1) is 14.8. The molecule has 0 N–H and O–H groups in total. The molecule has 0 radical (unpaired) electrons. The summed E-state index contributed by atoms with van der Waals surface area (Å²) in [6.45, 7) is 27.3. The molecule has 196 valence electrons. The van der Waals surface area contributed by atoms with Crippen molar-refractivity contribution in [3.05, 3.63) is 0 Å². The Bertz CT molecular complexity index is 361. The monoisotopic (exact) mass is 453 g/mol. The Morgan fingerprint density at radius 2 is 1.25 bits per heavy atom. The smallest absolute Gasteiger partial charge is 0.0354 e. The Morgan fingerprint density at radius 3 is 1.56 bits per heavy atom. The summed E-state index contributed by atoms with van der Waals surface area (Å²) in [5.41, 5.74) is 1.10. The average Bonchev–Trinajstić information content (AvgIpc) is 2.74. The molecule has 0 heterocycles. The minimum absolute atomic E-state index is 0.532. The lowest BCUT2D eigenvalue weighted by atomic mass is 9.72. The fourth-order valence-corrected chi connectivity index (χ4v) is 4.80. The Hall–Kier alpha value is 0. The van der Waals surface area contributed by atoms with Crippen LogP contribution in [0.3, 0.4) is 0 Å². The highest BCUT2D eigenvalue weighted by Gasteiger charge is 2.25. The van der Waals surface area contributed by atoms with Gasteiger partial charge in [-0.2, -0.15) is 0 Å². The van der Waals surface area contributed by atoms with E-state index in [-0.39, 0.29) is 0 Å². The first-order valence-electron chi connectivity index (χ1n) is 14.8. The molecule has 0 aliphatic heterocycles. The van der Waals surface area contributed by atoms with E-state index in [1.54, 1.807) is 0 Å². The van der Waals surface area contributed by atoms with Gasteiger partial charge in [0, 0.05) is 0 Å². The first kappa shape index (κ1) is 34.2. The highest BCUT2D eigenvalue weighted by atomic mass is 14.3. The van der Waals surface area contributed by atoms with E-state index in [0.29, 0.717) is 10.8 Å². The first-order valence-corrected chi connectivity index (χ1v) is 14.8. The highest BCUT2D eigenvalue weighted by molar-refractivity contribution is 4.76. The summed E-state index contributed by atoms with van der Waals surface area (Å²) in [5, 5.41) is 0. The van der Waals surface area contributed by atoms with Crippen LogP contribution in [0.4, 0.5) is 0 Å². The van der Waals surface area contributed by atoms with E-state index in [2.05, 4.69) is 69.2 Å². The zero-order valence-electron chi connectivity index (χ0n) is 25.2. The molecular weight excluding hydrogens is 384 g/mol. The molecule has 0 bridgehead atoms. The van der Waals surface area contributed by atoms with E-state index in [1.807, 2.05) is 13.8 Å². The van der Waals surface area contributed by atoms with E-state index in [4.69, 9.17) is 0 Å². The van der Waals surface area contributed by atoms with Crippen molar-refractivity contribution in [3.63, 3.8) is 0 Å². The van der Waals surface area contributed by atoms with Crippen LogP contribution in [-0.4, -0.2) is 0 Å². The van der Waals surface area contributed by atoms with Crippen molar-refractivity contribution in [1.29, 1.82) is 0 Å². The van der Waals surface area contributed by atoms with Crippen LogP contribution in [0.15, 0.2) is 0 Å². The summed E-state index contributed by atoms with van der Waals surface area (Å²) in [7, 11) is 0. The lowest BCUT2D eigenvalue weighted by Gasteiger charge is -2.33. The van der Waals surface area contributed by atoms with Crippen LogP contribution < -0.4 is 0 Å². The van der Waals surface area contributed by atoms with Gasteiger partial charge in [0.1, 0.15) is 0 Å². The minimum atomic E-state index is 0.532. The molecule has 0 amide bonds. The van der Waals surface area contributed by atoms with E-state index < -0.39 is 0 Å². The standard InChI is InChI=1S/C11H22.C10H20.C9H20.C2H6/c1-3-4-5-11-8-6-10(2)7-9-11;1-10(2,3)9-7-5-4-6-8-9;1-8(2)6-7-9(3,4)5;1-2/h10-11H,3-9H2,1-2H3;9H,4-8H2,1-3H3;8H,6-7H2,1-5H3;1-2H3. The second-order valence-electron chi connectivity index (χ2n) is 13.5. The third-order valence-corrected chi connectivity index (χ3v) is 7.40. The van der Waals surface area contributed by atoms with Crippen molar-refractivity contribution in [3.8, 4) is 0 Å². The van der Waals surface area contributed by atoms with E-state index >= 15 is 0 Å². The van der Waals surface area contributed by atoms with Gasteiger partial charge >= 0.3 is 0 Å². The van der Waals surface area contributed by atoms with Crippen LogP contribution in [0.1, 0.15) is 173 Å². The van der Waals surface area contributed by atoms with Crippen molar-refractivity contribution >= 4 is 0 Å². The van der Waals surface area contributed by atoms with Crippen LogP contribution in [0.5, 0.6) is 0 Å². The van der Waals surface area contributed by atoms with Crippen molar-refractivity contribution in [2.24, 2.45) is 34.5 Å². The molecule has 0 saturated heterocycles. The molecule has 0 spiro atoms. The van der Waals surface area contributed by atoms with E-state index in [1.165, 1.54) is 89.9 Å². The van der Waals surface area contributed by atoms with Crippen LogP contribution in [0, 0.1) is 34.5 Å². The highest BCUT2D eigenvalue weighted by Crippen LogP contribution is 2.37. The van der Waals surface area contributed by atoms with Gasteiger partial charge in [0.15, 0.2) is 0 Å². The number of unbranched alkanes of at least 4 members (excludes halogenated alkanes) is 1. The second-order valence-corrected chi connectivity index (χ2v) is 13.5.